The van der Waals surface area contributed by atoms with Gasteiger partial charge in [0, 0.05) is 11.6 Å². The third-order valence-corrected chi connectivity index (χ3v) is 2.48. The summed E-state index contributed by atoms with van der Waals surface area (Å²) in [5.74, 6) is 1.70. The molecule has 4 nitrogen and oxygen atoms in total. The number of hydrogen-bond donors (Lipinski definition) is 1. The van der Waals surface area contributed by atoms with Crippen molar-refractivity contribution in [2.75, 3.05) is 21.3 Å². The highest BCUT2D eigenvalue weighted by Gasteiger charge is 2.17. The van der Waals surface area contributed by atoms with Gasteiger partial charge in [-0.2, -0.15) is 0 Å². The van der Waals surface area contributed by atoms with Gasteiger partial charge >= 0.3 is 0 Å². The monoisotopic (exact) mass is 238 g/mol. The molecule has 0 aliphatic heterocycles. The summed E-state index contributed by atoms with van der Waals surface area (Å²) in [4.78, 5) is 0. The van der Waals surface area contributed by atoms with Crippen molar-refractivity contribution in [1.82, 2.24) is 0 Å². The average Bonchev–Trinajstić information content (AvgIpc) is 2.37. The van der Waals surface area contributed by atoms with E-state index in [0.29, 0.717) is 29.2 Å². The molecule has 1 aromatic carbocycles. The zero-order chi connectivity index (χ0) is 12.8. The molecule has 0 saturated heterocycles. The fraction of sp³-hybridized carbons (Fsp3) is 0.385. The van der Waals surface area contributed by atoms with Gasteiger partial charge in [0.1, 0.15) is 5.75 Å². The minimum absolute atomic E-state index is 0.450. The topological polar surface area (TPSA) is 47.9 Å². The largest absolute Gasteiger partial charge is 0.496 e. The maximum atomic E-state index is 9.97. The van der Waals surface area contributed by atoms with E-state index in [1.807, 2.05) is 0 Å². The van der Waals surface area contributed by atoms with E-state index in [-0.39, 0.29) is 0 Å². The lowest BCUT2D eigenvalue weighted by Gasteiger charge is -2.17. The lowest BCUT2D eigenvalue weighted by molar-refractivity contribution is 0.176. The van der Waals surface area contributed by atoms with Crippen molar-refractivity contribution in [2.45, 2.75) is 12.5 Å². The zero-order valence-electron chi connectivity index (χ0n) is 10.4. The van der Waals surface area contributed by atoms with Crippen LogP contribution in [0.5, 0.6) is 17.2 Å². The second-order valence-electron chi connectivity index (χ2n) is 3.49. The molecule has 0 aliphatic carbocycles. The molecule has 0 heterocycles. The molecule has 0 aromatic heterocycles. The van der Waals surface area contributed by atoms with Gasteiger partial charge in [0.2, 0.25) is 0 Å². The Morgan fingerprint density at radius 3 is 2.12 bits per heavy atom. The number of methoxy groups -OCH3 is 3. The normalized spacial score (nSPS) is 11.8. The average molecular weight is 238 g/mol. The van der Waals surface area contributed by atoms with Crippen LogP contribution in [0.1, 0.15) is 18.1 Å². The number of aliphatic hydroxyl groups is 1. The Morgan fingerprint density at radius 1 is 1.12 bits per heavy atom. The first-order chi connectivity index (χ1) is 8.17. The molecule has 94 valence electrons. The predicted molar refractivity (Wildman–Crippen MR) is 65.9 cm³/mol. The highest BCUT2D eigenvalue weighted by atomic mass is 16.5. The Balaban J connectivity index is 3.22. The predicted octanol–water partition coefficient (Wildman–Crippen LogP) is 2.32. The first kappa shape index (κ1) is 13.4. The molecule has 0 saturated carbocycles. The van der Waals surface area contributed by atoms with Crippen molar-refractivity contribution < 1.29 is 19.3 Å². The minimum Gasteiger partial charge on any atom is -0.496 e. The second-order valence-corrected chi connectivity index (χ2v) is 3.49. The van der Waals surface area contributed by atoms with Gasteiger partial charge in [0.15, 0.2) is 11.5 Å². The highest BCUT2D eigenvalue weighted by Crippen LogP contribution is 2.38. The summed E-state index contributed by atoms with van der Waals surface area (Å²) in [6.07, 6.45) is 1.44. The maximum Gasteiger partial charge on any atom is 0.164 e. The molecule has 0 amide bonds. The Labute approximate surface area is 101 Å². The van der Waals surface area contributed by atoms with Gasteiger partial charge in [-0.3, -0.25) is 0 Å². The summed E-state index contributed by atoms with van der Waals surface area (Å²) in [6, 6.07) is 3.41. The van der Waals surface area contributed by atoms with E-state index >= 15 is 0 Å². The van der Waals surface area contributed by atoms with E-state index in [1.165, 1.54) is 0 Å². The lowest BCUT2D eigenvalue weighted by Crippen LogP contribution is -2.02. The van der Waals surface area contributed by atoms with Gasteiger partial charge in [0.25, 0.3) is 0 Å². The van der Waals surface area contributed by atoms with Crippen molar-refractivity contribution in [3.8, 4) is 17.2 Å². The molecule has 1 aromatic rings. The summed E-state index contributed by atoms with van der Waals surface area (Å²) in [6.45, 7) is 3.60. The SMILES string of the molecule is C=CCC(O)c1cc(OC)c(OC)cc1OC. The van der Waals surface area contributed by atoms with Crippen LogP contribution in [0.2, 0.25) is 0 Å². The van der Waals surface area contributed by atoms with Crippen molar-refractivity contribution in [3.63, 3.8) is 0 Å². The molecule has 1 rings (SSSR count). The van der Waals surface area contributed by atoms with Crippen LogP contribution in [0.3, 0.4) is 0 Å². The number of hydrogen-bond acceptors (Lipinski definition) is 4. The van der Waals surface area contributed by atoms with E-state index in [9.17, 15) is 5.11 Å². The summed E-state index contributed by atoms with van der Waals surface area (Å²) in [5.41, 5.74) is 0.657. The Morgan fingerprint density at radius 2 is 1.65 bits per heavy atom. The number of benzene rings is 1. The third-order valence-electron chi connectivity index (χ3n) is 2.48. The van der Waals surface area contributed by atoms with E-state index in [1.54, 1.807) is 39.5 Å². The van der Waals surface area contributed by atoms with Crippen LogP contribution in [0.4, 0.5) is 0 Å². The Kier molecular flexibility index (Phi) is 4.84. The molecule has 0 spiro atoms. The van der Waals surface area contributed by atoms with Crippen LogP contribution < -0.4 is 14.2 Å². The molecule has 0 radical (unpaired) electrons. The van der Waals surface area contributed by atoms with E-state index < -0.39 is 6.10 Å². The summed E-state index contributed by atoms with van der Waals surface area (Å²) in [7, 11) is 4.65. The Hall–Kier alpha value is -1.68. The standard InChI is InChI=1S/C13H18O4/c1-5-6-10(14)9-7-12(16-3)13(17-4)8-11(9)15-2/h5,7-8,10,14H,1,6H2,2-4H3. The van der Waals surface area contributed by atoms with Gasteiger partial charge in [0.05, 0.1) is 27.4 Å². The van der Waals surface area contributed by atoms with Crippen LogP contribution in [-0.4, -0.2) is 26.4 Å². The zero-order valence-corrected chi connectivity index (χ0v) is 10.4. The van der Waals surface area contributed by atoms with Crippen molar-refractivity contribution in [2.24, 2.45) is 0 Å². The number of ether oxygens (including phenoxy) is 3. The summed E-state index contributed by atoms with van der Waals surface area (Å²) < 4.78 is 15.6. The fourth-order valence-electron chi connectivity index (χ4n) is 1.60. The van der Waals surface area contributed by atoms with E-state index in [0.717, 1.165) is 0 Å². The van der Waals surface area contributed by atoms with Crippen molar-refractivity contribution in [3.05, 3.63) is 30.4 Å². The smallest absolute Gasteiger partial charge is 0.164 e. The first-order valence-electron chi connectivity index (χ1n) is 5.26. The minimum atomic E-state index is -0.665. The van der Waals surface area contributed by atoms with Crippen molar-refractivity contribution in [1.29, 1.82) is 0 Å². The molecule has 1 atom stereocenters. The Bertz CT molecular complexity index is 387. The molecule has 1 N–H and O–H groups in total. The highest BCUT2D eigenvalue weighted by molar-refractivity contribution is 5.51. The molecule has 0 aliphatic rings. The van der Waals surface area contributed by atoms with Gasteiger partial charge in [-0.25, -0.2) is 0 Å². The first-order valence-corrected chi connectivity index (χ1v) is 5.26. The molecule has 1 unspecified atom stereocenters. The molecular formula is C13H18O4. The lowest BCUT2D eigenvalue weighted by atomic mass is 10.0. The molecule has 17 heavy (non-hydrogen) atoms. The molecule has 4 heteroatoms. The van der Waals surface area contributed by atoms with Crippen LogP contribution in [-0.2, 0) is 0 Å². The third kappa shape index (κ3) is 2.91. The van der Waals surface area contributed by atoms with Crippen LogP contribution in [0, 0.1) is 0 Å². The van der Waals surface area contributed by atoms with Crippen LogP contribution >= 0.6 is 0 Å². The van der Waals surface area contributed by atoms with Gasteiger partial charge < -0.3 is 19.3 Å². The molecular weight excluding hydrogens is 220 g/mol. The maximum absolute atomic E-state index is 9.97. The van der Waals surface area contributed by atoms with Crippen LogP contribution in [0.15, 0.2) is 24.8 Å². The van der Waals surface area contributed by atoms with E-state index in [4.69, 9.17) is 14.2 Å². The van der Waals surface area contributed by atoms with Gasteiger partial charge in [-0.15, -0.1) is 6.58 Å². The second kappa shape index (κ2) is 6.15. The van der Waals surface area contributed by atoms with Gasteiger partial charge in [-0.1, -0.05) is 6.08 Å². The summed E-state index contributed by atoms with van der Waals surface area (Å²) >= 11 is 0. The molecule has 0 bridgehead atoms. The fourth-order valence-corrected chi connectivity index (χ4v) is 1.60. The van der Waals surface area contributed by atoms with Crippen molar-refractivity contribution >= 4 is 0 Å². The molecule has 0 fully saturated rings. The number of rotatable bonds is 6. The van der Waals surface area contributed by atoms with E-state index in [2.05, 4.69) is 6.58 Å². The number of aliphatic hydroxyl groups excluding tert-OH is 1. The quantitative estimate of drug-likeness (QED) is 0.773. The summed E-state index contributed by atoms with van der Waals surface area (Å²) in [5, 5.41) is 9.97. The van der Waals surface area contributed by atoms with Gasteiger partial charge in [-0.05, 0) is 12.5 Å². The van der Waals surface area contributed by atoms with Crippen LogP contribution in [0.25, 0.3) is 0 Å².